The Morgan fingerprint density at radius 3 is 2.00 bits per heavy atom. The van der Waals surface area contributed by atoms with Gasteiger partial charge in [-0.1, -0.05) is 18.2 Å². The molecule has 0 aromatic heterocycles. The van der Waals surface area contributed by atoms with E-state index >= 15 is 0 Å². The van der Waals surface area contributed by atoms with Gasteiger partial charge in [0.05, 0.1) is 5.70 Å². The molecule has 21 heavy (non-hydrogen) atoms. The summed E-state index contributed by atoms with van der Waals surface area (Å²) in [5.41, 5.74) is 14.2. The van der Waals surface area contributed by atoms with Crippen molar-refractivity contribution in [2.45, 2.75) is 0 Å². The summed E-state index contributed by atoms with van der Waals surface area (Å²) in [4.78, 5) is 0. The largest absolute Gasteiger partial charge is 0.399 e. The number of allylic oxidation sites excluding steroid dienone is 1. The van der Waals surface area contributed by atoms with Crippen molar-refractivity contribution in [3.8, 4) is 12.1 Å². The predicted octanol–water partition coefficient (Wildman–Crippen LogP) is 2.72. The van der Waals surface area contributed by atoms with Crippen molar-refractivity contribution in [2.75, 3.05) is 16.8 Å². The van der Waals surface area contributed by atoms with Crippen LogP contribution in [0.15, 0.2) is 54.1 Å². The average Bonchev–Trinajstić information content (AvgIpc) is 2.47. The lowest BCUT2D eigenvalue weighted by Gasteiger charge is -2.13. The van der Waals surface area contributed by atoms with Gasteiger partial charge in [-0.25, -0.2) is 0 Å². The summed E-state index contributed by atoms with van der Waals surface area (Å²) in [6, 6.07) is 18.0. The van der Waals surface area contributed by atoms with Gasteiger partial charge in [0.15, 0.2) is 5.57 Å². The fourth-order valence-corrected chi connectivity index (χ4v) is 1.90. The van der Waals surface area contributed by atoms with Crippen LogP contribution in [0.4, 0.5) is 17.1 Å². The maximum atomic E-state index is 9.14. The molecule has 0 aliphatic heterocycles. The number of nitrogens with two attached hydrogens (primary N) is 2. The highest BCUT2D eigenvalue weighted by atomic mass is 14.9. The van der Waals surface area contributed by atoms with Gasteiger partial charge in [-0.2, -0.15) is 10.5 Å². The third kappa shape index (κ3) is 3.31. The third-order valence-corrected chi connectivity index (χ3v) is 2.78. The normalized spacial score (nSPS) is 9.24. The van der Waals surface area contributed by atoms with E-state index in [1.807, 2.05) is 42.5 Å². The Balaban J connectivity index is 2.55. The molecule has 5 heteroatoms. The standard InChI is InChI=1S/C16H13N5/c17-9-12(10-18)16(21-15-4-2-1-3-5-15)11-6-13(19)8-14(20)7-11/h1-8,21H,19-20H2. The number of nitrogens with one attached hydrogen (secondary N) is 1. The van der Waals surface area contributed by atoms with Gasteiger partial charge in [0.2, 0.25) is 0 Å². The number of anilines is 3. The van der Waals surface area contributed by atoms with Crippen LogP contribution in [-0.4, -0.2) is 0 Å². The first-order valence-corrected chi connectivity index (χ1v) is 6.17. The number of hydrogen-bond donors (Lipinski definition) is 3. The predicted molar refractivity (Wildman–Crippen MR) is 83.5 cm³/mol. The molecule has 0 unspecified atom stereocenters. The minimum Gasteiger partial charge on any atom is -0.399 e. The first-order chi connectivity index (χ1) is 10.1. The van der Waals surface area contributed by atoms with E-state index in [-0.39, 0.29) is 5.57 Å². The van der Waals surface area contributed by atoms with E-state index in [9.17, 15) is 0 Å². The van der Waals surface area contributed by atoms with Crippen LogP contribution in [0, 0.1) is 22.7 Å². The van der Waals surface area contributed by atoms with E-state index in [2.05, 4.69) is 5.32 Å². The Morgan fingerprint density at radius 2 is 1.48 bits per heavy atom. The monoisotopic (exact) mass is 275 g/mol. The van der Waals surface area contributed by atoms with Crippen molar-refractivity contribution in [3.63, 3.8) is 0 Å². The van der Waals surface area contributed by atoms with Gasteiger partial charge in [-0.3, -0.25) is 0 Å². The highest BCUT2D eigenvalue weighted by molar-refractivity contribution is 5.85. The summed E-state index contributed by atoms with van der Waals surface area (Å²) in [7, 11) is 0. The molecular formula is C16H13N5. The van der Waals surface area contributed by atoms with Crippen molar-refractivity contribution in [2.24, 2.45) is 0 Å². The molecule has 0 saturated heterocycles. The van der Waals surface area contributed by atoms with Gasteiger partial charge >= 0.3 is 0 Å². The fourth-order valence-electron chi connectivity index (χ4n) is 1.90. The smallest absolute Gasteiger partial charge is 0.153 e. The molecule has 0 fully saturated rings. The summed E-state index contributed by atoms with van der Waals surface area (Å²) >= 11 is 0. The average molecular weight is 275 g/mol. The molecule has 0 bridgehead atoms. The maximum absolute atomic E-state index is 9.14. The quantitative estimate of drug-likeness (QED) is 0.589. The zero-order valence-electron chi connectivity index (χ0n) is 11.2. The lowest BCUT2D eigenvalue weighted by atomic mass is 10.1. The number of rotatable bonds is 3. The number of benzene rings is 2. The molecule has 5 N–H and O–H groups in total. The topological polar surface area (TPSA) is 112 Å². The minimum absolute atomic E-state index is 0.0381. The number of nitriles is 2. The fraction of sp³-hybridized carbons (Fsp3) is 0. The van der Waals surface area contributed by atoms with Gasteiger partial charge in [0, 0.05) is 22.6 Å². The van der Waals surface area contributed by atoms with Crippen LogP contribution in [0.5, 0.6) is 0 Å². The van der Waals surface area contributed by atoms with Gasteiger partial charge in [-0.15, -0.1) is 0 Å². The molecular weight excluding hydrogens is 262 g/mol. The van der Waals surface area contributed by atoms with Crippen molar-refractivity contribution in [1.29, 1.82) is 10.5 Å². The molecule has 0 amide bonds. The van der Waals surface area contributed by atoms with Gasteiger partial charge in [0.1, 0.15) is 12.1 Å². The molecule has 0 radical (unpaired) electrons. The first-order valence-electron chi connectivity index (χ1n) is 6.17. The van der Waals surface area contributed by atoms with Gasteiger partial charge in [-0.05, 0) is 30.3 Å². The number of hydrogen-bond acceptors (Lipinski definition) is 5. The van der Waals surface area contributed by atoms with Crippen LogP contribution in [0.3, 0.4) is 0 Å². The van der Waals surface area contributed by atoms with E-state index in [4.69, 9.17) is 22.0 Å². The molecule has 0 aliphatic carbocycles. The highest BCUT2D eigenvalue weighted by Gasteiger charge is 2.11. The number of para-hydroxylation sites is 1. The second-order valence-electron chi connectivity index (χ2n) is 4.35. The Bertz CT molecular complexity index is 727. The van der Waals surface area contributed by atoms with E-state index in [0.29, 0.717) is 22.6 Å². The summed E-state index contributed by atoms with van der Waals surface area (Å²) < 4.78 is 0. The minimum atomic E-state index is -0.0381. The summed E-state index contributed by atoms with van der Waals surface area (Å²) in [6.45, 7) is 0. The zero-order chi connectivity index (χ0) is 15.2. The number of nitrogen functional groups attached to an aromatic ring is 2. The molecule has 0 aliphatic rings. The van der Waals surface area contributed by atoms with Crippen LogP contribution in [0.25, 0.3) is 5.70 Å². The second-order valence-corrected chi connectivity index (χ2v) is 4.35. The summed E-state index contributed by atoms with van der Waals surface area (Å²) in [5.74, 6) is 0. The van der Waals surface area contributed by atoms with Crippen molar-refractivity contribution in [3.05, 3.63) is 59.7 Å². The molecule has 102 valence electrons. The van der Waals surface area contributed by atoms with Crippen LogP contribution in [-0.2, 0) is 0 Å². The molecule has 2 aromatic carbocycles. The van der Waals surface area contributed by atoms with Crippen LogP contribution in [0.2, 0.25) is 0 Å². The van der Waals surface area contributed by atoms with Crippen LogP contribution in [0.1, 0.15) is 5.56 Å². The Hall–Kier alpha value is -3.44. The molecule has 0 atom stereocenters. The van der Waals surface area contributed by atoms with Crippen molar-refractivity contribution in [1.82, 2.24) is 0 Å². The summed E-state index contributed by atoms with van der Waals surface area (Å²) in [5, 5.41) is 21.4. The second kappa shape index (κ2) is 6.14. The van der Waals surface area contributed by atoms with Crippen molar-refractivity contribution >= 4 is 22.8 Å². The Kier molecular flexibility index (Phi) is 4.09. The van der Waals surface area contributed by atoms with Crippen LogP contribution >= 0.6 is 0 Å². The van der Waals surface area contributed by atoms with Gasteiger partial charge in [0.25, 0.3) is 0 Å². The molecule has 0 heterocycles. The molecule has 2 rings (SSSR count). The van der Waals surface area contributed by atoms with Crippen molar-refractivity contribution < 1.29 is 0 Å². The third-order valence-electron chi connectivity index (χ3n) is 2.78. The van der Waals surface area contributed by atoms with Crippen LogP contribution < -0.4 is 16.8 Å². The lowest BCUT2D eigenvalue weighted by molar-refractivity contribution is 1.44. The number of nitrogens with zero attached hydrogens (tertiary/aromatic N) is 2. The van der Waals surface area contributed by atoms with E-state index in [1.165, 1.54) is 0 Å². The SMILES string of the molecule is N#CC(C#N)=C(Nc1ccccc1)c1cc(N)cc(N)c1. The highest BCUT2D eigenvalue weighted by Crippen LogP contribution is 2.25. The molecule has 0 saturated carbocycles. The zero-order valence-corrected chi connectivity index (χ0v) is 11.2. The first kappa shape index (κ1) is 14.0. The Labute approximate surface area is 122 Å². The molecule has 2 aromatic rings. The van der Waals surface area contributed by atoms with E-state index < -0.39 is 0 Å². The maximum Gasteiger partial charge on any atom is 0.153 e. The lowest BCUT2D eigenvalue weighted by Crippen LogP contribution is -2.03. The molecule has 5 nitrogen and oxygen atoms in total. The summed E-state index contributed by atoms with van der Waals surface area (Å²) in [6.07, 6.45) is 0. The van der Waals surface area contributed by atoms with E-state index in [1.54, 1.807) is 18.2 Å². The Morgan fingerprint density at radius 1 is 0.905 bits per heavy atom. The van der Waals surface area contributed by atoms with E-state index in [0.717, 1.165) is 5.69 Å². The van der Waals surface area contributed by atoms with Gasteiger partial charge < -0.3 is 16.8 Å². The molecule has 0 spiro atoms.